The Morgan fingerprint density at radius 1 is 0.735 bits per heavy atom. The lowest BCUT2D eigenvalue weighted by Crippen LogP contribution is -2.27. The van der Waals surface area contributed by atoms with Gasteiger partial charge >= 0.3 is 11.9 Å². The summed E-state index contributed by atoms with van der Waals surface area (Å²) in [6.07, 6.45) is 0.705. The molecule has 3 aromatic carbocycles. The Kier molecular flexibility index (Phi) is 8.30. The van der Waals surface area contributed by atoms with Crippen LogP contribution in [0.4, 0.5) is 0 Å². The molecule has 0 amide bonds. The van der Waals surface area contributed by atoms with Crippen molar-refractivity contribution in [2.75, 3.05) is 20.3 Å². The number of esters is 2. The maximum atomic E-state index is 12.5. The molecular weight excluding hydrogens is 432 g/mol. The van der Waals surface area contributed by atoms with Crippen molar-refractivity contribution in [2.45, 2.75) is 27.2 Å². The van der Waals surface area contributed by atoms with Gasteiger partial charge in [-0.1, -0.05) is 31.2 Å². The van der Waals surface area contributed by atoms with Crippen molar-refractivity contribution >= 4 is 11.9 Å². The molecule has 0 heterocycles. The lowest BCUT2D eigenvalue weighted by molar-refractivity contribution is -0.154. The normalized spacial score (nSPS) is 10.9. The molecule has 0 aliphatic carbocycles. The first-order valence-corrected chi connectivity index (χ1v) is 11.2. The molecule has 0 radical (unpaired) electrons. The van der Waals surface area contributed by atoms with Crippen molar-refractivity contribution < 1.29 is 28.5 Å². The van der Waals surface area contributed by atoms with E-state index in [9.17, 15) is 9.59 Å². The van der Waals surface area contributed by atoms with Gasteiger partial charge in [-0.15, -0.1) is 0 Å². The van der Waals surface area contributed by atoms with E-state index in [4.69, 9.17) is 18.9 Å². The van der Waals surface area contributed by atoms with Gasteiger partial charge in [-0.05, 0) is 79.9 Å². The molecule has 0 bridgehead atoms. The van der Waals surface area contributed by atoms with Crippen molar-refractivity contribution in [2.24, 2.45) is 5.41 Å². The fraction of sp³-hybridized carbons (Fsp3) is 0.286. The van der Waals surface area contributed by atoms with Crippen LogP contribution in [0, 0.1) is 5.41 Å². The minimum absolute atomic E-state index is 0.165. The third-order valence-corrected chi connectivity index (χ3v) is 5.60. The summed E-state index contributed by atoms with van der Waals surface area (Å²) in [5, 5.41) is 0. The van der Waals surface area contributed by atoms with Gasteiger partial charge in [-0.25, -0.2) is 4.79 Å². The molecule has 0 unspecified atom stereocenters. The first-order valence-electron chi connectivity index (χ1n) is 11.2. The Hall–Kier alpha value is -3.80. The van der Waals surface area contributed by atoms with E-state index in [0.29, 0.717) is 23.5 Å². The van der Waals surface area contributed by atoms with Crippen LogP contribution >= 0.6 is 0 Å². The Morgan fingerprint density at radius 3 is 1.79 bits per heavy atom. The van der Waals surface area contributed by atoms with Crippen molar-refractivity contribution in [3.05, 3.63) is 78.4 Å². The second kappa shape index (κ2) is 11.4. The summed E-state index contributed by atoms with van der Waals surface area (Å²) in [6, 6.07) is 21.7. The number of ether oxygens (including phenoxy) is 4. The van der Waals surface area contributed by atoms with E-state index >= 15 is 0 Å². The van der Waals surface area contributed by atoms with Gasteiger partial charge in [0.15, 0.2) is 0 Å². The van der Waals surface area contributed by atoms with Crippen LogP contribution < -0.4 is 14.2 Å². The molecule has 0 aliphatic rings. The lowest BCUT2D eigenvalue weighted by atomic mass is 9.91. The van der Waals surface area contributed by atoms with E-state index in [2.05, 4.69) is 0 Å². The molecule has 0 spiro atoms. The third kappa shape index (κ3) is 6.61. The van der Waals surface area contributed by atoms with Crippen molar-refractivity contribution in [1.82, 2.24) is 0 Å². The molecule has 0 saturated heterocycles. The average molecular weight is 463 g/mol. The van der Waals surface area contributed by atoms with Crippen LogP contribution in [0.2, 0.25) is 0 Å². The number of carbonyl (C=O) groups is 2. The summed E-state index contributed by atoms with van der Waals surface area (Å²) in [5.74, 6) is 1.13. The highest BCUT2D eigenvalue weighted by Crippen LogP contribution is 2.25. The predicted molar refractivity (Wildman–Crippen MR) is 130 cm³/mol. The molecule has 0 saturated carbocycles. The zero-order valence-electron chi connectivity index (χ0n) is 20.0. The van der Waals surface area contributed by atoms with Crippen molar-refractivity contribution in [3.8, 4) is 28.4 Å². The smallest absolute Gasteiger partial charge is 0.343 e. The van der Waals surface area contributed by atoms with Crippen molar-refractivity contribution in [3.63, 3.8) is 0 Å². The minimum Gasteiger partial charge on any atom is -0.497 e. The largest absolute Gasteiger partial charge is 0.497 e. The fourth-order valence-electron chi connectivity index (χ4n) is 2.99. The zero-order valence-corrected chi connectivity index (χ0v) is 20.0. The number of benzene rings is 3. The summed E-state index contributed by atoms with van der Waals surface area (Å²) in [7, 11) is 1.63. The van der Waals surface area contributed by atoms with Crippen LogP contribution in [0.25, 0.3) is 11.1 Å². The molecule has 178 valence electrons. The second-order valence-corrected chi connectivity index (χ2v) is 8.39. The molecule has 0 N–H and O–H groups in total. The summed E-state index contributed by atoms with van der Waals surface area (Å²) in [5.41, 5.74) is 1.95. The van der Waals surface area contributed by atoms with Gasteiger partial charge in [0.2, 0.25) is 0 Å². The fourth-order valence-corrected chi connectivity index (χ4v) is 2.99. The first kappa shape index (κ1) is 24.8. The third-order valence-electron chi connectivity index (χ3n) is 5.60. The molecule has 0 fully saturated rings. The Morgan fingerprint density at radius 2 is 1.26 bits per heavy atom. The van der Waals surface area contributed by atoms with Gasteiger partial charge in [-0.2, -0.15) is 0 Å². The van der Waals surface area contributed by atoms with Gasteiger partial charge in [-0.3, -0.25) is 4.79 Å². The predicted octanol–water partition coefficient (Wildman–Crippen LogP) is 5.94. The van der Waals surface area contributed by atoms with Gasteiger partial charge in [0.25, 0.3) is 0 Å². The number of hydrogen-bond donors (Lipinski definition) is 0. The molecular formula is C28H30O6. The molecule has 6 nitrogen and oxygen atoms in total. The van der Waals surface area contributed by atoms with E-state index in [1.807, 2.05) is 57.2 Å². The van der Waals surface area contributed by atoms with Gasteiger partial charge in [0.1, 0.15) is 30.5 Å². The maximum absolute atomic E-state index is 12.5. The van der Waals surface area contributed by atoms with Gasteiger partial charge in [0, 0.05) is 0 Å². The summed E-state index contributed by atoms with van der Waals surface area (Å²) in [6.45, 7) is 6.04. The van der Waals surface area contributed by atoms with Gasteiger partial charge in [0.05, 0.1) is 18.1 Å². The molecule has 34 heavy (non-hydrogen) atoms. The van der Waals surface area contributed by atoms with E-state index in [0.717, 1.165) is 16.9 Å². The highest BCUT2D eigenvalue weighted by molar-refractivity contribution is 5.91. The number of methoxy groups -OCH3 is 1. The van der Waals surface area contributed by atoms with Gasteiger partial charge < -0.3 is 18.9 Å². The monoisotopic (exact) mass is 462 g/mol. The van der Waals surface area contributed by atoms with E-state index in [1.54, 1.807) is 43.5 Å². The van der Waals surface area contributed by atoms with E-state index in [-0.39, 0.29) is 19.2 Å². The molecule has 3 rings (SSSR count). The highest BCUT2D eigenvalue weighted by Gasteiger charge is 2.26. The van der Waals surface area contributed by atoms with Crippen LogP contribution in [0.15, 0.2) is 72.8 Å². The van der Waals surface area contributed by atoms with Crippen LogP contribution in [0.5, 0.6) is 17.2 Å². The average Bonchev–Trinajstić information content (AvgIpc) is 2.87. The van der Waals surface area contributed by atoms with E-state index in [1.165, 1.54) is 0 Å². The summed E-state index contributed by atoms with van der Waals surface area (Å²) < 4.78 is 21.5. The Bertz CT molecular complexity index is 1080. The minimum atomic E-state index is -0.502. The summed E-state index contributed by atoms with van der Waals surface area (Å²) >= 11 is 0. The Balaban J connectivity index is 1.49. The van der Waals surface area contributed by atoms with Crippen molar-refractivity contribution in [1.29, 1.82) is 0 Å². The number of hydrogen-bond acceptors (Lipinski definition) is 6. The number of carbonyl (C=O) groups excluding carboxylic acids is 2. The first-order chi connectivity index (χ1) is 16.3. The van der Waals surface area contributed by atoms with Crippen LogP contribution in [0.1, 0.15) is 37.6 Å². The lowest BCUT2D eigenvalue weighted by Gasteiger charge is -2.20. The summed E-state index contributed by atoms with van der Waals surface area (Å²) in [4.78, 5) is 24.4. The topological polar surface area (TPSA) is 71.1 Å². The van der Waals surface area contributed by atoms with E-state index < -0.39 is 11.4 Å². The zero-order chi connectivity index (χ0) is 24.6. The molecule has 0 aliphatic heterocycles. The SMILES string of the molecule is CCC(C)(C)C(=O)OCCOc1ccc(C(=O)Oc2ccc(-c3ccc(OC)cc3)cc2)cc1. The molecule has 3 aromatic rings. The quantitative estimate of drug-likeness (QED) is 0.211. The Labute approximate surface area is 200 Å². The van der Waals surface area contributed by atoms with Crippen LogP contribution in [-0.2, 0) is 9.53 Å². The molecule has 0 aromatic heterocycles. The second-order valence-electron chi connectivity index (χ2n) is 8.39. The van der Waals surface area contributed by atoms with Crippen LogP contribution in [-0.4, -0.2) is 32.3 Å². The van der Waals surface area contributed by atoms with Crippen LogP contribution in [0.3, 0.4) is 0 Å². The highest BCUT2D eigenvalue weighted by atomic mass is 16.6. The molecule has 0 atom stereocenters. The maximum Gasteiger partial charge on any atom is 0.343 e. The molecule has 6 heteroatoms. The number of rotatable bonds is 10. The standard InChI is InChI=1S/C28H30O6/c1-5-28(2,3)27(30)33-19-18-32-24-14-10-22(11-15-24)26(29)34-25-16-8-21(9-17-25)20-6-12-23(31-4)13-7-20/h6-17H,5,18-19H2,1-4H3.